The summed E-state index contributed by atoms with van der Waals surface area (Å²) in [6, 6.07) is 1.41. The van der Waals surface area contributed by atoms with E-state index in [9.17, 15) is 13.2 Å². The highest BCUT2D eigenvalue weighted by molar-refractivity contribution is 9.10. The van der Waals surface area contributed by atoms with E-state index < -0.39 is 12.2 Å². The molecule has 1 aromatic carbocycles. The quantitative estimate of drug-likeness (QED) is 0.824. The molecule has 0 amide bonds. The van der Waals surface area contributed by atoms with Crippen LogP contribution in [0.1, 0.15) is 11.6 Å². The first-order valence-corrected chi connectivity index (χ1v) is 4.42. The van der Waals surface area contributed by atoms with Crippen LogP contribution < -0.4 is 5.73 Å². The molecule has 0 spiro atoms. The molecule has 78 valence electrons. The lowest BCUT2D eigenvalue weighted by atomic mass is 10.1. The molecule has 2 nitrogen and oxygen atoms in total. The third-order valence-corrected chi connectivity index (χ3v) is 2.32. The van der Waals surface area contributed by atoms with E-state index in [0.29, 0.717) is 0 Å². The Balaban J connectivity index is 3.03. The minimum absolute atomic E-state index is 0.0952. The Labute approximate surface area is 86.7 Å². The molecule has 0 aliphatic heterocycles. The van der Waals surface area contributed by atoms with Gasteiger partial charge in [-0.2, -0.15) is 13.2 Å². The van der Waals surface area contributed by atoms with Crippen molar-refractivity contribution >= 4 is 15.9 Å². The lowest BCUT2D eigenvalue weighted by Gasteiger charge is -2.16. The van der Waals surface area contributed by atoms with E-state index in [1.807, 2.05) is 0 Å². The molecule has 3 N–H and O–H groups in total. The van der Waals surface area contributed by atoms with Crippen LogP contribution in [0.5, 0.6) is 5.75 Å². The lowest BCUT2D eigenvalue weighted by molar-refractivity contribution is -0.149. The minimum atomic E-state index is -4.48. The van der Waals surface area contributed by atoms with E-state index in [0.717, 1.165) is 18.2 Å². The molecule has 0 heterocycles. The number of hydrogen-bond donors (Lipinski definition) is 2. The number of aromatic hydroxyl groups is 1. The number of alkyl halides is 3. The van der Waals surface area contributed by atoms with E-state index in [4.69, 9.17) is 10.8 Å². The van der Waals surface area contributed by atoms with E-state index >= 15 is 0 Å². The first-order chi connectivity index (χ1) is 6.32. The second-order valence-electron chi connectivity index (χ2n) is 2.73. The summed E-state index contributed by atoms with van der Waals surface area (Å²) in [5.41, 5.74) is 4.87. The molecule has 0 radical (unpaired) electrons. The number of halogens is 4. The van der Waals surface area contributed by atoms with E-state index in [1.165, 1.54) is 0 Å². The number of phenolic OH excluding ortho intramolecular Hbond substituents is 1. The van der Waals surface area contributed by atoms with Crippen LogP contribution >= 0.6 is 15.9 Å². The van der Waals surface area contributed by atoms with Crippen LogP contribution in [0.25, 0.3) is 0 Å². The Morgan fingerprint density at radius 3 is 2.36 bits per heavy atom. The summed E-state index contributed by atoms with van der Waals surface area (Å²) in [6.45, 7) is 0. The molecule has 0 fully saturated rings. The minimum Gasteiger partial charge on any atom is -0.507 e. The molecule has 0 aliphatic carbocycles. The van der Waals surface area contributed by atoms with Gasteiger partial charge in [-0.3, -0.25) is 0 Å². The standard InChI is InChI=1S/C8H7BrF3NO/c9-5-3-4(1-2-6(5)14)7(13)8(10,11)12/h1-3,7,14H,13H2. The third kappa shape index (κ3) is 2.39. The molecule has 1 unspecified atom stereocenters. The molecular formula is C8H7BrF3NO. The summed E-state index contributed by atoms with van der Waals surface area (Å²) in [7, 11) is 0. The monoisotopic (exact) mass is 269 g/mol. The van der Waals surface area contributed by atoms with Gasteiger partial charge in [-0.1, -0.05) is 6.07 Å². The van der Waals surface area contributed by atoms with Crippen LogP contribution in [0.3, 0.4) is 0 Å². The van der Waals surface area contributed by atoms with Crippen molar-refractivity contribution in [3.63, 3.8) is 0 Å². The van der Waals surface area contributed by atoms with Gasteiger partial charge in [-0.05, 0) is 33.6 Å². The van der Waals surface area contributed by atoms with Crippen molar-refractivity contribution in [1.82, 2.24) is 0 Å². The SMILES string of the molecule is NC(c1ccc(O)c(Br)c1)C(F)(F)F. The third-order valence-electron chi connectivity index (χ3n) is 1.68. The van der Waals surface area contributed by atoms with E-state index in [-0.39, 0.29) is 15.8 Å². The normalized spacial score (nSPS) is 14.1. The van der Waals surface area contributed by atoms with Crippen LogP contribution in [0.15, 0.2) is 22.7 Å². The molecule has 14 heavy (non-hydrogen) atoms. The Morgan fingerprint density at radius 2 is 1.93 bits per heavy atom. The average molecular weight is 270 g/mol. The highest BCUT2D eigenvalue weighted by atomic mass is 79.9. The van der Waals surface area contributed by atoms with Crippen molar-refractivity contribution in [1.29, 1.82) is 0 Å². The Morgan fingerprint density at radius 1 is 1.36 bits per heavy atom. The van der Waals surface area contributed by atoms with Gasteiger partial charge in [-0.25, -0.2) is 0 Å². The topological polar surface area (TPSA) is 46.2 Å². The van der Waals surface area contributed by atoms with Crippen molar-refractivity contribution in [3.8, 4) is 5.75 Å². The van der Waals surface area contributed by atoms with Gasteiger partial charge in [0, 0.05) is 0 Å². The second-order valence-corrected chi connectivity index (χ2v) is 3.58. The van der Waals surface area contributed by atoms with Gasteiger partial charge in [0.2, 0.25) is 0 Å². The van der Waals surface area contributed by atoms with Gasteiger partial charge in [0.1, 0.15) is 11.8 Å². The van der Waals surface area contributed by atoms with Crippen LogP contribution in [0, 0.1) is 0 Å². The fourth-order valence-electron chi connectivity index (χ4n) is 0.906. The second kappa shape index (κ2) is 3.78. The molecule has 0 saturated carbocycles. The summed E-state index contributed by atoms with van der Waals surface area (Å²) in [6.07, 6.45) is -4.48. The Kier molecular flexibility index (Phi) is 3.06. The number of nitrogens with two attached hydrogens (primary N) is 1. The first kappa shape index (κ1) is 11.3. The van der Waals surface area contributed by atoms with Gasteiger partial charge in [-0.15, -0.1) is 0 Å². The zero-order valence-corrected chi connectivity index (χ0v) is 8.43. The van der Waals surface area contributed by atoms with Gasteiger partial charge in [0.05, 0.1) is 4.47 Å². The summed E-state index contributed by atoms with van der Waals surface area (Å²) in [5.74, 6) is -0.122. The average Bonchev–Trinajstić information content (AvgIpc) is 2.07. The van der Waals surface area contributed by atoms with Crippen molar-refractivity contribution < 1.29 is 18.3 Å². The largest absolute Gasteiger partial charge is 0.507 e. The molecular weight excluding hydrogens is 263 g/mol. The predicted octanol–water partition coefficient (Wildman–Crippen LogP) is 2.72. The smallest absolute Gasteiger partial charge is 0.407 e. The van der Waals surface area contributed by atoms with Crippen LogP contribution in [0.4, 0.5) is 13.2 Å². The molecule has 0 aliphatic rings. The van der Waals surface area contributed by atoms with Gasteiger partial charge in [0.15, 0.2) is 0 Å². The van der Waals surface area contributed by atoms with E-state index in [1.54, 1.807) is 0 Å². The predicted molar refractivity (Wildman–Crippen MR) is 48.8 cm³/mol. The highest BCUT2D eigenvalue weighted by Crippen LogP contribution is 2.33. The molecule has 1 rings (SSSR count). The van der Waals surface area contributed by atoms with Gasteiger partial charge in [0.25, 0.3) is 0 Å². The van der Waals surface area contributed by atoms with Crippen molar-refractivity contribution in [2.24, 2.45) is 5.73 Å². The maximum atomic E-state index is 12.2. The molecule has 0 saturated heterocycles. The zero-order valence-electron chi connectivity index (χ0n) is 6.85. The van der Waals surface area contributed by atoms with Crippen molar-refractivity contribution in [3.05, 3.63) is 28.2 Å². The maximum absolute atomic E-state index is 12.2. The summed E-state index contributed by atoms with van der Waals surface area (Å²) in [5, 5.41) is 9.06. The van der Waals surface area contributed by atoms with Crippen LogP contribution in [-0.4, -0.2) is 11.3 Å². The molecule has 1 atom stereocenters. The number of benzene rings is 1. The molecule has 1 aromatic rings. The van der Waals surface area contributed by atoms with Crippen LogP contribution in [0.2, 0.25) is 0 Å². The zero-order chi connectivity index (χ0) is 10.9. The number of hydrogen-bond acceptors (Lipinski definition) is 2. The van der Waals surface area contributed by atoms with Gasteiger partial charge < -0.3 is 10.8 Å². The summed E-state index contributed by atoms with van der Waals surface area (Å²) in [4.78, 5) is 0. The van der Waals surface area contributed by atoms with Crippen molar-refractivity contribution in [2.45, 2.75) is 12.2 Å². The highest BCUT2D eigenvalue weighted by Gasteiger charge is 2.37. The Bertz CT molecular complexity index is 340. The molecule has 0 bridgehead atoms. The number of phenols is 1. The van der Waals surface area contributed by atoms with Crippen molar-refractivity contribution in [2.75, 3.05) is 0 Å². The van der Waals surface area contributed by atoms with Crippen LogP contribution in [-0.2, 0) is 0 Å². The number of rotatable bonds is 1. The summed E-state index contributed by atoms with van der Waals surface area (Å²) >= 11 is 2.91. The van der Waals surface area contributed by atoms with Gasteiger partial charge >= 0.3 is 6.18 Å². The molecule has 6 heteroatoms. The van der Waals surface area contributed by atoms with E-state index in [2.05, 4.69) is 15.9 Å². The summed E-state index contributed by atoms with van der Waals surface area (Å²) < 4.78 is 36.7. The first-order valence-electron chi connectivity index (χ1n) is 3.63. The maximum Gasteiger partial charge on any atom is 0.407 e. The molecule has 0 aromatic heterocycles. The fourth-order valence-corrected chi connectivity index (χ4v) is 1.30. The Hall–Kier alpha value is -0.750. The lowest BCUT2D eigenvalue weighted by Crippen LogP contribution is -2.28. The fraction of sp³-hybridized carbons (Fsp3) is 0.250.